The average Bonchev–Trinajstić information content (AvgIpc) is 2.36. The lowest BCUT2D eigenvalue weighted by Crippen LogP contribution is -2.46. The van der Waals surface area contributed by atoms with Crippen LogP contribution >= 0.6 is 21.6 Å². The lowest BCUT2D eigenvalue weighted by Gasteiger charge is -2.21. The van der Waals surface area contributed by atoms with Gasteiger partial charge in [-0.1, -0.05) is 21.6 Å². The Hall–Kier alpha value is -0.880. The Balaban J connectivity index is 3.93. The van der Waals surface area contributed by atoms with Gasteiger partial charge in [-0.15, -0.1) is 12.3 Å². The van der Waals surface area contributed by atoms with Crippen molar-refractivity contribution in [3.8, 4) is 12.3 Å². The van der Waals surface area contributed by atoms with E-state index in [9.17, 15) is 9.59 Å². The molecule has 6 nitrogen and oxygen atoms in total. The predicted molar refractivity (Wildman–Crippen MR) is 73.7 cm³/mol. The van der Waals surface area contributed by atoms with E-state index in [1.165, 1.54) is 21.6 Å². The Morgan fingerprint density at radius 3 is 2.37 bits per heavy atom. The van der Waals surface area contributed by atoms with Crippen molar-refractivity contribution >= 4 is 33.5 Å². The van der Waals surface area contributed by atoms with E-state index < -0.39 is 30.6 Å². The van der Waals surface area contributed by atoms with Crippen LogP contribution in [0.15, 0.2) is 0 Å². The van der Waals surface area contributed by atoms with Crippen LogP contribution in [0.25, 0.3) is 0 Å². The molecule has 0 spiro atoms. The molecule has 0 radical (unpaired) electrons. The standard InChI is InChI=1S/C11H16O6S2/c1-2-3-4-5-18-19-8-17-7-11(6-12,9(13)14)10(15)16/h1,12H,3-8H2,(H,13,14)(H,15,16). The van der Waals surface area contributed by atoms with Crippen molar-refractivity contribution in [3.05, 3.63) is 0 Å². The summed E-state index contributed by atoms with van der Waals surface area (Å²) in [5.74, 6) is 0.253. The number of ether oxygens (including phenoxy) is 1. The van der Waals surface area contributed by atoms with Crippen molar-refractivity contribution in [2.75, 3.05) is 24.9 Å². The van der Waals surface area contributed by atoms with Gasteiger partial charge in [0.1, 0.15) is 5.94 Å². The quantitative estimate of drug-likeness (QED) is 0.170. The minimum absolute atomic E-state index is 0.142. The molecule has 8 heteroatoms. The number of hydrogen-bond acceptors (Lipinski definition) is 6. The maximum Gasteiger partial charge on any atom is 0.325 e. The third-order valence-corrected chi connectivity index (χ3v) is 4.37. The highest BCUT2D eigenvalue weighted by Crippen LogP contribution is 2.24. The van der Waals surface area contributed by atoms with Gasteiger partial charge in [0.05, 0.1) is 13.2 Å². The molecule has 0 aliphatic rings. The Labute approximate surface area is 119 Å². The highest BCUT2D eigenvalue weighted by Gasteiger charge is 2.46. The van der Waals surface area contributed by atoms with Crippen molar-refractivity contribution in [2.45, 2.75) is 12.8 Å². The molecule has 0 amide bonds. The number of hydrogen-bond donors (Lipinski definition) is 3. The number of carbonyl (C=O) groups is 2. The lowest BCUT2D eigenvalue weighted by atomic mass is 9.90. The van der Waals surface area contributed by atoms with E-state index in [-0.39, 0.29) is 5.94 Å². The number of carboxylic acids is 2. The van der Waals surface area contributed by atoms with Gasteiger partial charge in [0.2, 0.25) is 5.41 Å². The summed E-state index contributed by atoms with van der Waals surface area (Å²) >= 11 is 0. The fourth-order valence-electron chi connectivity index (χ4n) is 0.972. The highest BCUT2D eigenvalue weighted by molar-refractivity contribution is 8.76. The molecule has 0 heterocycles. The first-order valence-corrected chi connectivity index (χ1v) is 7.83. The molecule has 0 aliphatic heterocycles. The number of rotatable bonds is 11. The van der Waals surface area contributed by atoms with E-state index in [4.69, 9.17) is 26.5 Å². The second kappa shape index (κ2) is 9.97. The van der Waals surface area contributed by atoms with Gasteiger partial charge >= 0.3 is 11.9 Å². The van der Waals surface area contributed by atoms with Gasteiger partial charge in [0.15, 0.2) is 0 Å². The van der Waals surface area contributed by atoms with E-state index in [1.807, 2.05) is 0 Å². The van der Waals surface area contributed by atoms with E-state index in [0.29, 0.717) is 6.42 Å². The number of aliphatic hydroxyl groups excluding tert-OH is 1. The molecule has 0 aromatic rings. The van der Waals surface area contributed by atoms with Crippen LogP contribution in [0.2, 0.25) is 0 Å². The van der Waals surface area contributed by atoms with Crippen molar-refractivity contribution < 1.29 is 29.6 Å². The van der Waals surface area contributed by atoms with Crippen LogP contribution in [-0.4, -0.2) is 52.2 Å². The normalized spacial score (nSPS) is 10.9. The molecule has 108 valence electrons. The molecule has 0 rings (SSSR count). The van der Waals surface area contributed by atoms with Gasteiger partial charge in [-0.05, 0) is 6.42 Å². The van der Waals surface area contributed by atoms with E-state index in [0.717, 1.165) is 12.2 Å². The van der Waals surface area contributed by atoms with E-state index >= 15 is 0 Å². The summed E-state index contributed by atoms with van der Waals surface area (Å²) in [6.07, 6.45) is 6.65. The highest BCUT2D eigenvalue weighted by atomic mass is 33.1. The van der Waals surface area contributed by atoms with Gasteiger partial charge < -0.3 is 20.1 Å². The van der Waals surface area contributed by atoms with Crippen molar-refractivity contribution in [1.29, 1.82) is 0 Å². The molecule has 3 N–H and O–H groups in total. The summed E-state index contributed by atoms with van der Waals surface area (Å²) in [4.78, 5) is 21.8. The van der Waals surface area contributed by atoms with E-state index in [1.54, 1.807) is 0 Å². The maximum absolute atomic E-state index is 10.9. The molecule has 0 unspecified atom stereocenters. The van der Waals surface area contributed by atoms with Crippen LogP contribution < -0.4 is 0 Å². The lowest BCUT2D eigenvalue weighted by molar-refractivity contribution is -0.172. The Kier molecular flexibility index (Phi) is 9.51. The number of aliphatic hydroxyl groups is 1. The monoisotopic (exact) mass is 308 g/mol. The van der Waals surface area contributed by atoms with Gasteiger partial charge in [-0.3, -0.25) is 9.59 Å². The van der Waals surface area contributed by atoms with Gasteiger partial charge in [-0.2, -0.15) is 0 Å². The molecular formula is C11H16O6S2. The van der Waals surface area contributed by atoms with E-state index in [2.05, 4.69) is 5.92 Å². The Morgan fingerprint density at radius 2 is 1.89 bits per heavy atom. The molecular weight excluding hydrogens is 292 g/mol. The smallest absolute Gasteiger partial charge is 0.325 e. The van der Waals surface area contributed by atoms with Crippen LogP contribution in [0.1, 0.15) is 12.8 Å². The van der Waals surface area contributed by atoms with Crippen LogP contribution in [0.4, 0.5) is 0 Å². The fourth-order valence-corrected chi connectivity index (χ4v) is 2.69. The molecule has 0 aromatic heterocycles. The number of aliphatic carboxylic acids is 2. The van der Waals surface area contributed by atoms with Crippen LogP contribution in [-0.2, 0) is 14.3 Å². The van der Waals surface area contributed by atoms with Crippen molar-refractivity contribution in [3.63, 3.8) is 0 Å². The molecule has 0 aliphatic carbocycles. The number of carboxylic acid groups (broad SMARTS) is 2. The van der Waals surface area contributed by atoms with Gasteiger partial charge in [0, 0.05) is 12.2 Å². The molecule has 0 aromatic carbocycles. The first-order valence-electron chi connectivity index (χ1n) is 5.34. The Morgan fingerprint density at radius 1 is 1.26 bits per heavy atom. The molecule has 0 saturated carbocycles. The summed E-state index contributed by atoms with van der Waals surface area (Å²) in [6.45, 7) is -1.59. The average molecular weight is 308 g/mol. The van der Waals surface area contributed by atoms with Gasteiger partial charge in [-0.25, -0.2) is 0 Å². The van der Waals surface area contributed by atoms with Crippen molar-refractivity contribution in [2.24, 2.45) is 5.41 Å². The second-order valence-corrected chi connectivity index (χ2v) is 6.09. The van der Waals surface area contributed by atoms with Crippen molar-refractivity contribution in [1.82, 2.24) is 0 Å². The van der Waals surface area contributed by atoms with Gasteiger partial charge in [0.25, 0.3) is 0 Å². The first kappa shape index (κ1) is 18.1. The minimum Gasteiger partial charge on any atom is -0.480 e. The second-order valence-electron chi connectivity index (χ2n) is 3.56. The SMILES string of the molecule is C#CCCCSSCOCC(CO)(C(=O)O)C(=O)O. The fraction of sp³-hybridized carbons (Fsp3) is 0.636. The van der Waals surface area contributed by atoms with Crippen LogP contribution in [0.5, 0.6) is 0 Å². The zero-order valence-corrected chi connectivity index (χ0v) is 11.8. The van der Waals surface area contributed by atoms with Crippen LogP contribution in [0.3, 0.4) is 0 Å². The largest absolute Gasteiger partial charge is 0.480 e. The summed E-state index contributed by atoms with van der Waals surface area (Å²) < 4.78 is 5.00. The molecule has 0 bridgehead atoms. The first-order chi connectivity index (χ1) is 9.01. The minimum atomic E-state index is -2.30. The number of terminal acetylenes is 1. The predicted octanol–water partition coefficient (Wildman–Crippen LogP) is 0.903. The summed E-state index contributed by atoms with van der Waals surface area (Å²) in [5, 5.41) is 26.6. The summed E-state index contributed by atoms with van der Waals surface area (Å²) in [6, 6.07) is 0. The maximum atomic E-state index is 10.9. The number of unbranched alkanes of at least 4 members (excludes halogenated alkanes) is 1. The molecule has 0 saturated heterocycles. The molecule has 0 fully saturated rings. The van der Waals surface area contributed by atoms with Crippen LogP contribution in [0, 0.1) is 17.8 Å². The topological polar surface area (TPSA) is 104 Å². The third-order valence-electron chi connectivity index (χ3n) is 2.20. The molecule has 19 heavy (non-hydrogen) atoms. The molecule has 0 atom stereocenters. The summed E-state index contributed by atoms with van der Waals surface area (Å²) in [5.41, 5.74) is -2.30. The Bertz CT molecular complexity index is 325. The summed E-state index contributed by atoms with van der Waals surface area (Å²) in [7, 11) is 2.84. The zero-order valence-electron chi connectivity index (χ0n) is 10.2. The third kappa shape index (κ3) is 6.20. The zero-order chi connectivity index (χ0) is 14.7.